The van der Waals surface area contributed by atoms with Gasteiger partial charge in [0.25, 0.3) is 0 Å². The van der Waals surface area contributed by atoms with Crippen molar-refractivity contribution < 1.29 is 33.0 Å². The van der Waals surface area contributed by atoms with Gasteiger partial charge in [0.05, 0.1) is 12.2 Å². The summed E-state index contributed by atoms with van der Waals surface area (Å²) in [6, 6.07) is 9.32. The molecule has 0 amide bonds. The molecule has 8 nitrogen and oxygen atoms in total. The molecule has 0 aliphatic rings. The van der Waals surface area contributed by atoms with E-state index in [1.54, 1.807) is 0 Å². The van der Waals surface area contributed by atoms with E-state index in [0.717, 1.165) is 44.5 Å². The lowest BCUT2D eigenvalue weighted by atomic mass is 10.0. The van der Waals surface area contributed by atoms with E-state index in [1.165, 1.54) is 103 Å². The Balaban J connectivity index is 3.23. The van der Waals surface area contributed by atoms with Gasteiger partial charge in [0.1, 0.15) is 6.61 Å². The van der Waals surface area contributed by atoms with E-state index in [4.69, 9.17) is 18.3 Å². The number of rotatable bonds is 35. The number of ether oxygens (including phenoxy) is 2. The van der Waals surface area contributed by atoms with Crippen molar-refractivity contribution in [2.45, 2.75) is 251 Å². The molecule has 0 radical (unpaired) electrons. The highest BCUT2D eigenvalue weighted by Crippen LogP contribution is 2.39. The van der Waals surface area contributed by atoms with Crippen LogP contribution in [0.25, 0.3) is 0 Å². The van der Waals surface area contributed by atoms with Gasteiger partial charge >= 0.3 is 12.1 Å². The Hall–Kier alpha value is -1.73. The zero-order valence-corrected chi connectivity index (χ0v) is 43.1. The first-order chi connectivity index (χ1) is 28.2. The molecule has 60 heavy (non-hydrogen) atoms. The second-order valence-electron chi connectivity index (χ2n) is 20.8. The van der Waals surface area contributed by atoms with Gasteiger partial charge in [-0.3, -0.25) is 4.90 Å². The molecule has 0 heterocycles. The van der Waals surface area contributed by atoms with Crippen LogP contribution in [0.1, 0.15) is 196 Å². The van der Waals surface area contributed by atoms with Gasteiger partial charge < -0.3 is 23.4 Å². The Kier molecular flexibility index (Phi) is 28.5. The predicted octanol–water partition coefficient (Wildman–Crippen LogP) is 15.1. The van der Waals surface area contributed by atoms with Crippen molar-refractivity contribution in [1.29, 1.82) is 0 Å². The third-order valence-electron chi connectivity index (χ3n) is 13.1. The van der Waals surface area contributed by atoms with E-state index in [-0.39, 0.29) is 35.3 Å². The zero-order valence-electron chi connectivity index (χ0n) is 41.1. The van der Waals surface area contributed by atoms with Gasteiger partial charge in [0.2, 0.25) is 6.10 Å². The van der Waals surface area contributed by atoms with Crippen molar-refractivity contribution >= 4 is 28.8 Å². The zero-order chi connectivity index (χ0) is 45.1. The molecule has 1 aromatic rings. The lowest BCUT2D eigenvalue weighted by Crippen LogP contribution is -2.50. The largest absolute Gasteiger partial charge is 0.509 e. The Morgan fingerprint density at radius 2 is 1.00 bits per heavy atom. The van der Waals surface area contributed by atoms with E-state index in [9.17, 15) is 14.7 Å². The summed E-state index contributed by atoms with van der Waals surface area (Å²) in [4.78, 5) is 27.3. The molecule has 1 unspecified atom stereocenters. The Bertz CT molecular complexity index is 1190. The van der Waals surface area contributed by atoms with Crippen LogP contribution in [0.15, 0.2) is 30.3 Å². The fourth-order valence-corrected chi connectivity index (χ4v) is 9.93. The highest BCUT2D eigenvalue weighted by molar-refractivity contribution is 6.74. The summed E-state index contributed by atoms with van der Waals surface area (Å²) in [5, 5.41) is 10.2. The van der Waals surface area contributed by atoms with Crippen molar-refractivity contribution in [3.63, 3.8) is 0 Å². The molecule has 0 bridgehead atoms. The van der Waals surface area contributed by atoms with Gasteiger partial charge in [0, 0.05) is 13.1 Å². The van der Waals surface area contributed by atoms with Crippen LogP contribution in [0.4, 0.5) is 4.79 Å². The second kappa shape index (κ2) is 30.4. The van der Waals surface area contributed by atoms with Crippen LogP contribution in [0, 0.1) is 0 Å². The van der Waals surface area contributed by atoms with Crippen molar-refractivity contribution in [1.82, 2.24) is 4.90 Å². The maximum absolute atomic E-state index is 12.5. The molecule has 3 atom stereocenters. The van der Waals surface area contributed by atoms with Gasteiger partial charge in [-0.15, -0.1) is 0 Å². The third-order valence-corrected chi connectivity index (χ3v) is 22.2. The second-order valence-corrected chi connectivity index (χ2v) is 30.3. The van der Waals surface area contributed by atoms with Crippen LogP contribution in [0.3, 0.4) is 0 Å². The molecule has 0 aliphatic heterocycles. The van der Waals surface area contributed by atoms with Crippen LogP contribution >= 0.6 is 0 Å². The average Bonchev–Trinajstić information content (AvgIpc) is 3.16. The number of carbonyl (C=O) groups excluding carboxylic acids is 1. The number of benzene rings is 1. The minimum atomic E-state index is -2.06. The molecule has 1 rings (SSSR count). The van der Waals surface area contributed by atoms with Gasteiger partial charge in [-0.1, -0.05) is 188 Å². The lowest BCUT2D eigenvalue weighted by molar-refractivity contribution is -0.148. The first-order valence-electron chi connectivity index (χ1n) is 24.4. The fourth-order valence-electron chi connectivity index (χ4n) is 7.17. The minimum Gasteiger partial charge on any atom is -0.479 e. The molecule has 0 saturated carbocycles. The molecule has 0 spiro atoms. The van der Waals surface area contributed by atoms with Gasteiger partial charge in [-0.25, -0.2) is 9.59 Å². The number of unbranched alkanes of at least 4 members (excludes halogenated alkanes) is 15. The smallest absolute Gasteiger partial charge is 0.479 e. The summed E-state index contributed by atoms with van der Waals surface area (Å²) < 4.78 is 25.1. The third kappa shape index (κ3) is 25.4. The van der Waals surface area contributed by atoms with Crippen LogP contribution in [-0.2, 0) is 29.7 Å². The number of nitrogens with zero attached hydrogens (tertiary/aromatic N) is 1. The molecule has 1 N–H and O–H groups in total. The summed E-state index contributed by atoms with van der Waals surface area (Å²) in [6.45, 7) is 30.5. The van der Waals surface area contributed by atoms with Crippen molar-refractivity contribution in [3.05, 3.63) is 35.9 Å². The molecule has 0 fully saturated rings. The maximum atomic E-state index is 12.5. The molecule has 0 aliphatic carbocycles. The highest BCUT2D eigenvalue weighted by atomic mass is 28.4. The molecular weight excluding hydrogens is 783 g/mol. The fraction of sp³-hybridized carbons (Fsp3) is 0.840. The number of hydrogen-bond donors (Lipinski definition) is 1. The van der Waals surface area contributed by atoms with Crippen molar-refractivity contribution in [3.8, 4) is 0 Å². The summed E-state index contributed by atoms with van der Waals surface area (Å²) in [5.41, 5.74) is 0.818. The van der Waals surface area contributed by atoms with Crippen molar-refractivity contribution in [2.75, 3.05) is 19.6 Å². The molecule has 350 valence electrons. The van der Waals surface area contributed by atoms with Crippen molar-refractivity contribution in [2.24, 2.45) is 0 Å². The Morgan fingerprint density at radius 3 is 1.40 bits per heavy atom. The van der Waals surface area contributed by atoms with E-state index >= 15 is 0 Å². The number of carboxylic acids is 1. The SMILES string of the molecule is CCCCCCCCCC[C@H](CN(CCCCC(OC(=O)OCc1ccccc1)C(=O)O)C[C@@H](CCCCCCCCCC)O[Si](C)(C)C(C)(C)C)O[Si](C)(C)C(C)(C)C. The minimum absolute atomic E-state index is 0.0368. The summed E-state index contributed by atoms with van der Waals surface area (Å²) in [5.74, 6) is -1.15. The monoisotopic (exact) mass is 878 g/mol. The normalized spacial score (nSPS) is 14.3. The molecule has 0 saturated heterocycles. The summed E-state index contributed by atoms with van der Waals surface area (Å²) >= 11 is 0. The van der Waals surface area contributed by atoms with Crippen LogP contribution < -0.4 is 0 Å². The van der Waals surface area contributed by atoms with Gasteiger partial charge in [0.15, 0.2) is 16.6 Å². The van der Waals surface area contributed by atoms with Crippen LogP contribution in [-0.4, -0.2) is 76.7 Å². The number of aliphatic carboxylic acids is 1. The average molecular weight is 878 g/mol. The number of carbonyl (C=O) groups is 2. The Labute approximate surface area is 372 Å². The standard InChI is InChI=1S/C50H95NO7Si2/c1-13-15-17-19-21-23-25-30-36-44(57-59(9,10)49(3,4)5)40-51(39-33-32-38-46(47(52)53)56-48(54)55-42-43-34-28-27-29-35-43)41-45(58-60(11,12)50(6,7)8)37-31-26-24-22-20-18-16-14-2/h27-29,34-35,44-46H,13-26,30-33,36-42H2,1-12H3,(H,52,53)/t44-,45-,46?/m1/s1. The molecule has 10 heteroatoms. The molecule has 0 aromatic heterocycles. The summed E-state index contributed by atoms with van der Waals surface area (Å²) in [6.07, 6.45) is 22.4. The van der Waals surface area contributed by atoms with E-state index in [2.05, 4.69) is 86.5 Å². The summed E-state index contributed by atoms with van der Waals surface area (Å²) in [7, 11) is -4.12. The molecular formula is C50H95NO7Si2. The van der Waals surface area contributed by atoms with Gasteiger partial charge in [-0.2, -0.15) is 0 Å². The topological polar surface area (TPSA) is 94.5 Å². The maximum Gasteiger partial charge on any atom is 0.509 e. The first kappa shape index (κ1) is 56.3. The van der Waals surface area contributed by atoms with E-state index < -0.39 is 34.9 Å². The van der Waals surface area contributed by atoms with Crippen LogP contribution in [0.5, 0.6) is 0 Å². The Morgan fingerprint density at radius 1 is 0.600 bits per heavy atom. The number of hydrogen-bond acceptors (Lipinski definition) is 7. The van der Waals surface area contributed by atoms with Gasteiger partial charge in [-0.05, 0) is 80.5 Å². The van der Waals surface area contributed by atoms with E-state index in [0.29, 0.717) is 6.42 Å². The van der Waals surface area contributed by atoms with E-state index in [1.807, 2.05) is 30.3 Å². The highest BCUT2D eigenvalue weighted by Gasteiger charge is 2.41. The predicted molar refractivity (Wildman–Crippen MR) is 258 cm³/mol. The lowest BCUT2D eigenvalue weighted by Gasteiger charge is -2.42. The number of carboxylic acid groups (broad SMARTS) is 1. The van der Waals surface area contributed by atoms with Crippen LogP contribution in [0.2, 0.25) is 36.3 Å². The molecule has 1 aromatic carbocycles. The quantitative estimate of drug-likeness (QED) is 0.0409. The first-order valence-corrected chi connectivity index (χ1v) is 30.2.